The third kappa shape index (κ3) is 7.70. The molecule has 1 heterocycles. The number of benzene rings is 2. The number of aryl methyl sites for hydroxylation is 3. The van der Waals surface area contributed by atoms with E-state index in [4.69, 9.17) is 18.9 Å². The highest BCUT2D eigenvalue weighted by molar-refractivity contribution is 5.79. The average molecular weight is 552 g/mol. The Morgan fingerprint density at radius 3 is 2.25 bits per heavy atom. The number of carbonyl (C=O) groups is 2. The van der Waals surface area contributed by atoms with Gasteiger partial charge in [-0.05, 0) is 84.2 Å². The Bertz CT molecular complexity index is 1290. The molecule has 0 unspecified atom stereocenters. The van der Waals surface area contributed by atoms with Gasteiger partial charge in [0.1, 0.15) is 11.5 Å². The minimum atomic E-state index is -1.14. The molecule has 1 N–H and O–H groups in total. The Hall–Kier alpha value is -3.69. The summed E-state index contributed by atoms with van der Waals surface area (Å²) in [6.07, 6.45) is 0. The van der Waals surface area contributed by atoms with Crippen molar-refractivity contribution in [3.8, 4) is 17.2 Å². The molecule has 0 aliphatic heterocycles. The van der Waals surface area contributed by atoms with E-state index in [1.807, 2.05) is 68.1 Å². The fourth-order valence-corrected chi connectivity index (χ4v) is 4.36. The van der Waals surface area contributed by atoms with Crippen LogP contribution in [0, 0.1) is 20.8 Å². The summed E-state index contributed by atoms with van der Waals surface area (Å²) in [6.45, 7) is 15.3. The second kappa shape index (κ2) is 13.1. The van der Waals surface area contributed by atoms with Gasteiger partial charge in [0.2, 0.25) is 5.89 Å². The molecule has 1 amide bonds. The first-order chi connectivity index (χ1) is 18.8. The Morgan fingerprint density at radius 2 is 1.68 bits per heavy atom. The van der Waals surface area contributed by atoms with Gasteiger partial charge in [0.15, 0.2) is 5.60 Å². The number of rotatable bonds is 12. The van der Waals surface area contributed by atoms with Crippen molar-refractivity contribution in [2.24, 2.45) is 0 Å². The van der Waals surface area contributed by atoms with Crippen molar-refractivity contribution < 1.29 is 28.7 Å². The van der Waals surface area contributed by atoms with Crippen LogP contribution in [0.15, 0.2) is 46.9 Å². The summed E-state index contributed by atoms with van der Waals surface area (Å²) >= 11 is 0. The molecule has 0 aliphatic rings. The van der Waals surface area contributed by atoms with E-state index in [-0.39, 0.29) is 19.2 Å². The highest BCUT2D eigenvalue weighted by Crippen LogP contribution is 2.30. The zero-order valence-electron chi connectivity index (χ0n) is 24.8. The third-order valence-corrected chi connectivity index (χ3v) is 6.44. The Balaban J connectivity index is 1.88. The van der Waals surface area contributed by atoms with Crippen molar-refractivity contribution in [2.45, 2.75) is 80.1 Å². The van der Waals surface area contributed by atoms with E-state index in [1.165, 1.54) is 0 Å². The molecule has 9 nitrogen and oxygen atoms in total. The molecule has 9 heteroatoms. The van der Waals surface area contributed by atoms with Crippen molar-refractivity contribution in [1.82, 2.24) is 14.9 Å². The van der Waals surface area contributed by atoms with Gasteiger partial charge in [-0.25, -0.2) is 14.8 Å². The van der Waals surface area contributed by atoms with E-state index in [2.05, 4.69) is 0 Å². The number of aromatic nitrogens is 1. The lowest BCUT2D eigenvalue weighted by Gasteiger charge is -2.28. The molecule has 0 saturated heterocycles. The second-order valence-corrected chi connectivity index (χ2v) is 10.8. The lowest BCUT2D eigenvalue weighted by atomic mass is 10.0. The van der Waals surface area contributed by atoms with Gasteiger partial charge >= 0.3 is 5.97 Å². The molecule has 0 spiro atoms. The lowest BCUT2D eigenvalue weighted by Crippen LogP contribution is -2.41. The van der Waals surface area contributed by atoms with Crippen molar-refractivity contribution in [1.29, 1.82) is 0 Å². The molecular formula is C31H41N3O6. The molecule has 3 rings (SSSR count). The van der Waals surface area contributed by atoms with Crippen LogP contribution in [0.2, 0.25) is 0 Å². The van der Waals surface area contributed by atoms with Crippen molar-refractivity contribution >= 4 is 11.9 Å². The average Bonchev–Trinajstić information content (AvgIpc) is 3.26. The van der Waals surface area contributed by atoms with Crippen LogP contribution in [0.1, 0.15) is 62.8 Å². The van der Waals surface area contributed by atoms with Crippen LogP contribution in [0.4, 0.5) is 0 Å². The number of esters is 1. The monoisotopic (exact) mass is 551 g/mol. The lowest BCUT2D eigenvalue weighted by molar-refractivity contribution is -0.174. The van der Waals surface area contributed by atoms with Crippen LogP contribution < -0.4 is 4.74 Å². The van der Waals surface area contributed by atoms with Gasteiger partial charge in [-0.1, -0.05) is 30.3 Å². The first-order valence-electron chi connectivity index (χ1n) is 13.5. The van der Waals surface area contributed by atoms with E-state index < -0.39 is 17.5 Å². The molecule has 216 valence electrons. The number of ether oxygens (including phenoxy) is 2. The molecule has 40 heavy (non-hydrogen) atoms. The number of oxazole rings is 1. The molecular weight excluding hydrogens is 510 g/mol. The summed E-state index contributed by atoms with van der Waals surface area (Å²) in [7, 11) is 0. The maximum atomic E-state index is 12.9. The SMILES string of the molecule is CCOC(=O)C(C)(C)Oc1c(C)cc(CN(CC(=O)N(O)C(C)C)Cc2nc(-c3ccccc3)oc2C)cc1C. The first-order valence-corrected chi connectivity index (χ1v) is 13.5. The fourth-order valence-electron chi connectivity index (χ4n) is 4.36. The number of nitrogens with zero attached hydrogens (tertiary/aromatic N) is 3. The molecule has 3 aromatic rings. The normalized spacial score (nSPS) is 11.7. The van der Waals surface area contributed by atoms with E-state index >= 15 is 0 Å². The van der Waals surface area contributed by atoms with Gasteiger partial charge < -0.3 is 13.9 Å². The molecule has 2 aromatic carbocycles. The summed E-state index contributed by atoms with van der Waals surface area (Å²) in [6, 6.07) is 13.2. The van der Waals surface area contributed by atoms with Crippen LogP contribution in [0.5, 0.6) is 5.75 Å². The van der Waals surface area contributed by atoms with Gasteiger partial charge in [0, 0.05) is 18.7 Å². The van der Waals surface area contributed by atoms with E-state index in [9.17, 15) is 14.8 Å². The zero-order chi connectivity index (χ0) is 29.6. The minimum Gasteiger partial charge on any atom is -0.476 e. The third-order valence-electron chi connectivity index (χ3n) is 6.44. The minimum absolute atomic E-state index is 0.0200. The molecule has 0 atom stereocenters. The predicted molar refractivity (Wildman–Crippen MR) is 152 cm³/mol. The van der Waals surface area contributed by atoms with Crippen LogP contribution >= 0.6 is 0 Å². The van der Waals surface area contributed by atoms with E-state index in [1.54, 1.807) is 34.6 Å². The Kier molecular flexibility index (Phi) is 10.1. The van der Waals surface area contributed by atoms with E-state index in [0.29, 0.717) is 36.2 Å². The summed E-state index contributed by atoms with van der Waals surface area (Å²) in [4.78, 5) is 31.9. The number of hydrogen-bond acceptors (Lipinski definition) is 8. The fraction of sp³-hybridized carbons (Fsp3) is 0.452. The topological polar surface area (TPSA) is 105 Å². The maximum Gasteiger partial charge on any atom is 0.349 e. The highest BCUT2D eigenvalue weighted by Gasteiger charge is 2.32. The van der Waals surface area contributed by atoms with Gasteiger partial charge in [-0.2, -0.15) is 0 Å². The van der Waals surface area contributed by atoms with Crippen molar-refractivity contribution in [3.05, 3.63) is 70.6 Å². The van der Waals surface area contributed by atoms with Gasteiger partial charge in [-0.3, -0.25) is 14.9 Å². The Morgan fingerprint density at radius 1 is 1.05 bits per heavy atom. The van der Waals surface area contributed by atoms with E-state index in [0.717, 1.165) is 27.3 Å². The summed E-state index contributed by atoms with van der Waals surface area (Å²) in [5, 5.41) is 11.0. The Labute approximate surface area is 236 Å². The van der Waals surface area contributed by atoms with Crippen molar-refractivity contribution in [2.75, 3.05) is 13.2 Å². The predicted octanol–water partition coefficient (Wildman–Crippen LogP) is 5.62. The smallest absolute Gasteiger partial charge is 0.349 e. The summed E-state index contributed by atoms with van der Waals surface area (Å²) in [5.41, 5.74) is 3.09. The van der Waals surface area contributed by atoms with Crippen LogP contribution in [0.25, 0.3) is 11.5 Å². The summed E-state index contributed by atoms with van der Waals surface area (Å²) < 4.78 is 17.2. The molecule has 0 bridgehead atoms. The van der Waals surface area contributed by atoms with Crippen LogP contribution in [0.3, 0.4) is 0 Å². The molecule has 0 radical (unpaired) electrons. The molecule has 0 aliphatic carbocycles. The quantitative estimate of drug-likeness (QED) is 0.176. The zero-order valence-corrected chi connectivity index (χ0v) is 24.8. The first kappa shape index (κ1) is 30.8. The molecule has 0 saturated carbocycles. The van der Waals surface area contributed by atoms with Crippen molar-refractivity contribution in [3.63, 3.8) is 0 Å². The largest absolute Gasteiger partial charge is 0.476 e. The van der Waals surface area contributed by atoms with Crippen LogP contribution in [-0.4, -0.2) is 56.8 Å². The highest BCUT2D eigenvalue weighted by atomic mass is 16.6. The van der Waals surface area contributed by atoms with Gasteiger partial charge in [0.05, 0.1) is 24.9 Å². The number of hydrogen-bond donors (Lipinski definition) is 1. The number of hydroxylamine groups is 2. The molecule has 1 aromatic heterocycles. The van der Waals surface area contributed by atoms with Gasteiger partial charge in [0.25, 0.3) is 5.91 Å². The standard InChI is InChI=1S/C31H41N3O6/c1-9-38-30(36)31(7,8)40-28-21(4)15-24(16-22(28)5)17-33(19-27(35)34(37)20(2)3)18-26-23(6)39-29(32-26)25-13-11-10-12-14-25/h10-16,20,37H,9,17-19H2,1-8H3. The van der Waals surface area contributed by atoms with Crippen LogP contribution in [-0.2, 0) is 27.4 Å². The maximum absolute atomic E-state index is 12.9. The molecule has 0 fully saturated rings. The van der Waals surface area contributed by atoms with Gasteiger partial charge in [-0.15, -0.1) is 0 Å². The number of carbonyl (C=O) groups excluding carboxylic acids is 2. The number of amides is 1. The summed E-state index contributed by atoms with van der Waals surface area (Å²) in [5.74, 6) is 0.954. The second-order valence-electron chi connectivity index (χ2n) is 10.8.